The van der Waals surface area contributed by atoms with Crippen molar-refractivity contribution in [3.8, 4) is 17.2 Å². The van der Waals surface area contributed by atoms with Gasteiger partial charge in [0.15, 0.2) is 11.5 Å². The number of nitrogens with one attached hydrogen (secondary N) is 1. The van der Waals surface area contributed by atoms with Crippen molar-refractivity contribution in [2.24, 2.45) is 0 Å². The molecule has 3 aromatic carbocycles. The van der Waals surface area contributed by atoms with Crippen LogP contribution in [0.4, 0.5) is 10.5 Å². The number of nitrogens with zero attached hydrogens (tertiary/aromatic N) is 1. The number of rotatable bonds is 8. The van der Waals surface area contributed by atoms with Crippen LogP contribution in [0, 0.1) is 0 Å². The number of hydrogen-bond donors (Lipinski definition) is 1. The number of ether oxygens (including phenoxy) is 3. The second kappa shape index (κ2) is 11.2. The standard InChI is InChI=1S/C26H20Cl2N2O6/c1-34-22-15-16(14-21(28)23(22)36-12-11-35-19-5-3-2-4-6-19)13-20-24(31)29-26(33)30(25(20)32)18-9-7-17(27)8-10-18/h2-10,13-15H,11-12H2,1H3,(H,29,31,33)/b20-13-. The molecule has 1 aliphatic rings. The molecule has 1 fully saturated rings. The van der Waals surface area contributed by atoms with Crippen LogP contribution >= 0.6 is 23.2 Å². The van der Waals surface area contributed by atoms with E-state index in [0.29, 0.717) is 22.1 Å². The third kappa shape index (κ3) is 5.62. The van der Waals surface area contributed by atoms with Crippen LogP contribution in [0.5, 0.6) is 17.2 Å². The second-order valence-electron chi connectivity index (χ2n) is 7.48. The Morgan fingerprint density at radius 3 is 2.31 bits per heavy atom. The fourth-order valence-electron chi connectivity index (χ4n) is 3.43. The van der Waals surface area contributed by atoms with E-state index in [4.69, 9.17) is 37.4 Å². The number of anilines is 1. The molecule has 1 saturated heterocycles. The van der Waals surface area contributed by atoms with E-state index in [1.165, 1.54) is 43.5 Å². The summed E-state index contributed by atoms with van der Waals surface area (Å²) in [5, 5.41) is 2.81. The quantitative estimate of drug-likeness (QED) is 0.248. The number of carbonyl (C=O) groups excluding carboxylic acids is 3. The van der Waals surface area contributed by atoms with Gasteiger partial charge >= 0.3 is 6.03 Å². The average Bonchev–Trinajstić information content (AvgIpc) is 2.86. The zero-order chi connectivity index (χ0) is 25.7. The van der Waals surface area contributed by atoms with Crippen molar-refractivity contribution in [1.82, 2.24) is 5.32 Å². The molecule has 0 bridgehead atoms. The molecule has 0 aliphatic carbocycles. The van der Waals surface area contributed by atoms with Crippen molar-refractivity contribution in [2.75, 3.05) is 25.2 Å². The lowest BCUT2D eigenvalue weighted by molar-refractivity contribution is -0.122. The van der Waals surface area contributed by atoms with Crippen LogP contribution in [-0.2, 0) is 9.59 Å². The number of amides is 4. The first-order valence-electron chi connectivity index (χ1n) is 10.7. The highest BCUT2D eigenvalue weighted by Crippen LogP contribution is 2.37. The minimum Gasteiger partial charge on any atom is -0.493 e. The van der Waals surface area contributed by atoms with Gasteiger partial charge in [-0.1, -0.05) is 41.4 Å². The lowest BCUT2D eigenvalue weighted by Gasteiger charge is -2.26. The summed E-state index contributed by atoms with van der Waals surface area (Å²) in [4.78, 5) is 38.8. The van der Waals surface area contributed by atoms with E-state index < -0.39 is 17.8 Å². The molecule has 0 unspecified atom stereocenters. The molecule has 0 radical (unpaired) electrons. The molecule has 1 aliphatic heterocycles. The van der Waals surface area contributed by atoms with Crippen molar-refractivity contribution in [2.45, 2.75) is 0 Å². The largest absolute Gasteiger partial charge is 0.493 e. The zero-order valence-electron chi connectivity index (χ0n) is 19.0. The maximum absolute atomic E-state index is 13.1. The van der Waals surface area contributed by atoms with Gasteiger partial charge in [-0.05, 0) is 60.2 Å². The number of methoxy groups -OCH3 is 1. The molecule has 0 saturated carbocycles. The fourth-order valence-corrected chi connectivity index (χ4v) is 3.83. The Labute approximate surface area is 217 Å². The molecule has 1 heterocycles. The maximum Gasteiger partial charge on any atom is 0.335 e. The van der Waals surface area contributed by atoms with E-state index in [0.717, 1.165) is 4.90 Å². The van der Waals surface area contributed by atoms with Crippen LogP contribution in [0.15, 0.2) is 72.3 Å². The van der Waals surface area contributed by atoms with Gasteiger partial charge in [-0.25, -0.2) is 9.69 Å². The van der Waals surface area contributed by atoms with Crippen LogP contribution in [0.1, 0.15) is 5.56 Å². The van der Waals surface area contributed by atoms with E-state index in [2.05, 4.69) is 5.32 Å². The summed E-state index contributed by atoms with van der Waals surface area (Å²) < 4.78 is 16.8. The molecule has 10 heteroatoms. The van der Waals surface area contributed by atoms with Gasteiger partial charge in [0, 0.05) is 5.02 Å². The number of halogens is 2. The highest BCUT2D eigenvalue weighted by molar-refractivity contribution is 6.39. The fraction of sp³-hybridized carbons (Fsp3) is 0.115. The van der Waals surface area contributed by atoms with Crippen molar-refractivity contribution >= 4 is 52.8 Å². The Morgan fingerprint density at radius 1 is 0.917 bits per heavy atom. The normalized spacial score (nSPS) is 14.6. The highest BCUT2D eigenvalue weighted by Gasteiger charge is 2.36. The Kier molecular flexibility index (Phi) is 7.77. The van der Waals surface area contributed by atoms with Gasteiger partial charge in [-0.3, -0.25) is 14.9 Å². The van der Waals surface area contributed by atoms with Crippen LogP contribution in [0.2, 0.25) is 10.0 Å². The van der Waals surface area contributed by atoms with E-state index in [1.807, 2.05) is 30.3 Å². The third-order valence-electron chi connectivity index (χ3n) is 5.09. The molecule has 1 N–H and O–H groups in total. The van der Waals surface area contributed by atoms with E-state index in [9.17, 15) is 14.4 Å². The van der Waals surface area contributed by atoms with Crippen LogP contribution < -0.4 is 24.4 Å². The average molecular weight is 527 g/mol. The van der Waals surface area contributed by atoms with Gasteiger partial charge in [-0.2, -0.15) is 0 Å². The van der Waals surface area contributed by atoms with E-state index in [1.54, 1.807) is 6.07 Å². The minimum absolute atomic E-state index is 0.199. The minimum atomic E-state index is -0.860. The number of para-hydroxylation sites is 1. The Bertz CT molecular complexity index is 1330. The molecule has 4 amide bonds. The molecular formula is C26H20Cl2N2O6. The number of imide groups is 2. The Morgan fingerprint density at radius 2 is 1.61 bits per heavy atom. The molecule has 4 rings (SSSR count). The number of benzene rings is 3. The van der Waals surface area contributed by atoms with Crippen molar-refractivity contribution in [3.63, 3.8) is 0 Å². The van der Waals surface area contributed by atoms with Gasteiger partial charge in [0.25, 0.3) is 11.8 Å². The third-order valence-corrected chi connectivity index (χ3v) is 5.62. The molecule has 0 atom stereocenters. The first kappa shape index (κ1) is 25.1. The lowest BCUT2D eigenvalue weighted by Crippen LogP contribution is -2.54. The van der Waals surface area contributed by atoms with Crippen LogP contribution in [-0.4, -0.2) is 38.2 Å². The molecule has 36 heavy (non-hydrogen) atoms. The summed E-state index contributed by atoms with van der Waals surface area (Å²) in [6.45, 7) is 0.475. The molecule has 0 aromatic heterocycles. The Balaban J connectivity index is 1.54. The van der Waals surface area contributed by atoms with E-state index >= 15 is 0 Å². The predicted octanol–water partition coefficient (Wildman–Crippen LogP) is 5.13. The predicted molar refractivity (Wildman–Crippen MR) is 136 cm³/mol. The van der Waals surface area contributed by atoms with Crippen LogP contribution in [0.25, 0.3) is 6.08 Å². The molecular weight excluding hydrogens is 507 g/mol. The van der Waals surface area contributed by atoms with Gasteiger partial charge in [0.05, 0.1) is 17.8 Å². The van der Waals surface area contributed by atoms with Gasteiger partial charge < -0.3 is 14.2 Å². The molecule has 3 aromatic rings. The number of urea groups is 1. The monoisotopic (exact) mass is 526 g/mol. The van der Waals surface area contributed by atoms with Crippen molar-refractivity contribution in [1.29, 1.82) is 0 Å². The highest BCUT2D eigenvalue weighted by atomic mass is 35.5. The van der Waals surface area contributed by atoms with Gasteiger partial charge in [0.1, 0.15) is 24.5 Å². The summed E-state index contributed by atoms with van der Waals surface area (Å²) in [5.41, 5.74) is 0.402. The SMILES string of the molecule is COc1cc(/C=C2/C(=O)NC(=O)N(c3ccc(Cl)cc3)C2=O)cc(Cl)c1OCCOc1ccccc1. The van der Waals surface area contributed by atoms with Gasteiger partial charge in [-0.15, -0.1) is 0 Å². The first-order chi connectivity index (χ1) is 17.4. The molecule has 0 spiro atoms. The summed E-state index contributed by atoms with van der Waals surface area (Å²) in [6.07, 6.45) is 1.32. The summed E-state index contributed by atoms with van der Waals surface area (Å²) in [6, 6.07) is 17.6. The smallest absolute Gasteiger partial charge is 0.335 e. The lowest BCUT2D eigenvalue weighted by atomic mass is 10.1. The van der Waals surface area contributed by atoms with Crippen LogP contribution in [0.3, 0.4) is 0 Å². The second-order valence-corrected chi connectivity index (χ2v) is 8.32. The maximum atomic E-state index is 13.1. The topological polar surface area (TPSA) is 94.2 Å². The van der Waals surface area contributed by atoms with Crippen molar-refractivity contribution < 1.29 is 28.6 Å². The van der Waals surface area contributed by atoms with E-state index in [-0.39, 0.29) is 35.2 Å². The molecule has 184 valence electrons. The van der Waals surface area contributed by atoms with Crippen molar-refractivity contribution in [3.05, 3.63) is 87.9 Å². The number of hydrogen-bond acceptors (Lipinski definition) is 6. The van der Waals surface area contributed by atoms with Gasteiger partial charge in [0.2, 0.25) is 0 Å². The summed E-state index contributed by atoms with van der Waals surface area (Å²) >= 11 is 12.3. The summed E-state index contributed by atoms with van der Waals surface area (Å²) in [5.74, 6) is -0.329. The number of barbiturate groups is 1. The first-order valence-corrected chi connectivity index (χ1v) is 11.5. The molecule has 8 nitrogen and oxygen atoms in total. The zero-order valence-corrected chi connectivity index (χ0v) is 20.5. The Hall–Kier alpha value is -4.01. The summed E-state index contributed by atoms with van der Waals surface area (Å²) in [7, 11) is 1.44. The number of carbonyl (C=O) groups is 3.